The van der Waals surface area contributed by atoms with E-state index in [1.165, 1.54) is 5.56 Å². The third-order valence-electron chi connectivity index (χ3n) is 5.10. The second-order valence-electron chi connectivity index (χ2n) is 7.38. The number of benzene rings is 1. The molecule has 0 spiro atoms. The third kappa shape index (κ3) is 5.28. The molecule has 1 fully saturated rings. The van der Waals surface area contributed by atoms with Gasteiger partial charge in [0.25, 0.3) is 0 Å². The average molecular weight is 368 g/mol. The minimum absolute atomic E-state index is 0.0300. The van der Waals surface area contributed by atoms with Gasteiger partial charge in [0, 0.05) is 61.9 Å². The minimum atomic E-state index is -0.100. The fourth-order valence-corrected chi connectivity index (χ4v) is 3.44. The maximum atomic E-state index is 12.4. The van der Waals surface area contributed by atoms with Crippen molar-refractivity contribution in [3.05, 3.63) is 63.6 Å². The number of amides is 1. The van der Waals surface area contributed by atoms with Gasteiger partial charge in [-0.15, -0.1) is 0 Å². The van der Waals surface area contributed by atoms with Crippen molar-refractivity contribution in [3.63, 3.8) is 0 Å². The lowest BCUT2D eigenvalue weighted by Gasteiger charge is -2.32. The van der Waals surface area contributed by atoms with Crippen LogP contribution in [0.15, 0.2) is 41.2 Å². The van der Waals surface area contributed by atoms with Crippen molar-refractivity contribution in [3.8, 4) is 0 Å². The summed E-state index contributed by atoms with van der Waals surface area (Å²) in [5.74, 6) is -0.100. The van der Waals surface area contributed by atoms with Crippen molar-refractivity contribution in [1.82, 2.24) is 14.4 Å². The number of hydrogen-bond donors (Lipinski definition) is 1. The molecule has 27 heavy (non-hydrogen) atoms. The molecule has 0 radical (unpaired) electrons. The van der Waals surface area contributed by atoms with Crippen LogP contribution in [0.25, 0.3) is 0 Å². The molecule has 1 aromatic carbocycles. The lowest BCUT2D eigenvalue weighted by molar-refractivity contribution is -0.116. The number of pyridine rings is 1. The Hall–Kier alpha value is -2.44. The van der Waals surface area contributed by atoms with Crippen molar-refractivity contribution in [2.24, 2.45) is 0 Å². The van der Waals surface area contributed by atoms with Crippen molar-refractivity contribution < 1.29 is 4.79 Å². The third-order valence-corrected chi connectivity index (χ3v) is 5.10. The van der Waals surface area contributed by atoms with Crippen LogP contribution in [0, 0.1) is 13.8 Å². The van der Waals surface area contributed by atoms with E-state index in [2.05, 4.69) is 34.3 Å². The number of carbonyl (C=O) groups excluding carboxylic acids is 1. The average Bonchev–Trinajstić information content (AvgIpc) is 2.62. The zero-order valence-corrected chi connectivity index (χ0v) is 16.4. The Kier molecular flexibility index (Phi) is 6.08. The van der Waals surface area contributed by atoms with Crippen LogP contribution in [0.4, 0.5) is 5.69 Å². The number of aryl methyl sites for hydroxylation is 2. The molecule has 3 rings (SSSR count). The van der Waals surface area contributed by atoms with Gasteiger partial charge >= 0.3 is 0 Å². The molecule has 1 aromatic heterocycles. The van der Waals surface area contributed by atoms with E-state index >= 15 is 0 Å². The zero-order chi connectivity index (χ0) is 19.4. The maximum Gasteiger partial charge on any atom is 0.244 e. The number of aromatic nitrogens is 1. The van der Waals surface area contributed by atoms with E-state index in [-0.39, 0.29) is 17.9 Å². The molecule has 0 aliphatic carbocycles. The number of hydrogen-bond acceptors (Lipinski definition) is 4. The van der Waals surface area contributed by atoms with Crippen LogP contribution in [0.2, 0.25) is 0 Å². The standard InChI is InChI=1S/C21H28N4O2/c1-16-12-20(26)13-17(2)25(16)15-21(27)22-19-6-4-18(5-7-19)14-24-10-8-23(3)9-11-24/h4-7,12-13H,8-11,14-15H2,1-3H3,(H,22,27). The van der Waals surface area contributed by atoms with E-state index < -0.39 is 0 Å². The fraction of sp³-hybridized carbons (Fsp3) is 0.429. The van der Waals surface area contributed by atoms with Gasteiger partial charge < -0.3 is 14.8 Å². The van der Waals surface area contributed by atoms with Crippen molar-refractivity contribution in [2.75, 3.05) is 38.5 Å². The number of likely N-dealkylation sites (N-methyl/N-ethyl adjacent to an activating group) is 1. The van der Waals surface area contributed by atoms with E-state index in [0.29, 0.717) is 0 Å². The van der Waals surface area contributed by atoms with Crippen LogP contribution in [-0.2, 0) is 17.9 Å². The summed E-state index contributed by atoms with van der Waals surface area (Å²) in [6, 6.07) is 11.2. The highest BCUT2D eigenvalue weighted by molar-refractivity contribution is 5.90. The Morgan fingerprint density at radius 2 is 1.59 bits per heavy atom. The van der Waals surface area contributed by atoms with Crippen molar-refractivity contribution in [2.45, 2.75) is 26.9 Å². The normalized spacial score (nSPS) is 15.7. The summed E-state index contributed by atoms with van der Waals surface area (Å²) in [5, 5.41) is 2.94. The predicted octanol–water partition coefficient (Wildman–Crippen LogP) is 1.85. The predicted molar refractivity (Wildman–Crippen MR) is 108 cm³/mol. The number of nitrogens with one attached hydrogen (secondary N) is 1. The molecular formula is C21H28N4O2. The van der Waals surface area contributed by atoms with Crippen LogP contribution in [-0.4, -0.2) is 53.5 Å². The van der Waals surface area contributed by atoms with Gasteiger partial charge in [0.1, 0.15) is 6.54 Å². The molecule has 1 amide bonds. The summed E-state index contributed by atoms with van der Waals surface area (Å²) in [6.45, 7) is 9.22. The number of nitrogens with zero attached hydrogens (tertiary/aromatic N) is 3. The van der Waals surface area contributed by atoms with Crippen LogP contribution in [0.3, 0.4) is 0 Å². The van der Waals surface area contributed by atoms with Gasteiger partial charge in [-0.25, -0.2) is 0 Å². The first-order valence-corrected chi connectivity index (χ1v) is 9.38. The molecule has 0 saturated carbocycles. The summed E-state index contributed by atoms with van der Waals surface area (Å²) < 4.78 is 1.85. The van der Waals surface area contributed by atoms with Gasteiger partial charge in [-0.3, -0.25) is 14.5 Å². The second-order valence-corrected chi connectivity index (χ2v) is 7.38. The van der Waals surface area contributed by atoms with Crippen LogP contribution in [0.1, 0.15) is 17.0 Å². The van der Waals surface area contributed by atoms with Gasteiger partial charge in [0.15, 0.2) is 5.43 Å². The Morgan fingerprint density at radius 1 is 1.00 bits per heavy atom. The zero-order valence-electron chi connectivity index (χ0n) is 16.4. The first kappa shape index (κ1) is 19.3. The molecule has 0 atom stereocenters. The van der Waals surface area contributed by atoms with Crippen molar-refractivity contribution >= 4 is 11.6 Å². The van der Waals surface area contributed by atoms with Gasteiger partial charge in [-0.1, -0.05) is 12.1 Å². The first-order valence-electron chi connectivity index (χ1n) is 9.38. The number of rotatable bonds is 5. The fourth-order valence-electron chi connectivity index (χ4n) is 3.44. The Morgan fingerprint density at radius 3 is 2.19 bits per heavy atom. The molecule has 6 nitrogen and oxygen atoms in total. The van der Waals surface area contributed by atoms with E-state index in [0.717, 1.165) is 49.8 Å². The number of carbonyl (C=O) groups is 1. The van der Waals surface area contributed by atoms with Gasteiger partial charge in [0.2, 0.25) is 5.91 Å². The van der Waals surface area contributed by atoms with Crippen LogP contribution >= 0.6 is 0 Å². The van der Waals surface area contributed by atoms with Crippen LogP contribution in [0.5, 0.6) is 0 Å². The smallest absolute Gasteiger partial charge is 0.244 e. The number of anilines is 1. The topological polar surface area (TPSA) is 57.6 Å². The summed E-state index contributed by atoms with van der Waals surface area (Å²) in [5.41, 5.74) is 3.59. The lowest BCUT2D eigenvalue weighted by Crippen LogP contribution is -2.43. The molecule has 0 bridgehead atoms. The molecule has 1 aliphatic rings. The molecule has 1 aliphatic heterocycles. The molecule has 2 heterocycles. The summed E-state index contributed by atoms with van der Waals surface area (Å²) in [7, 11) is 2.16. The van der Waals surface area contributed by atoms with E-state index in [1.54, 1.807) is 12.1 Å². The minimum Gasteiger partial charge on any atom is -0.340 e. The quantitative estimate of drug-likeness (QED) is 0.875. The van der Waals surface area contributed by atoms with Crippen molar-refractivity contribution in [1.29, 1.82) is 0 Å². The van der Waals surface area contributed by atoms with E-state index in [9.17, 15) is 9.59 Å². The van der Waals surface area contributed by atoms with Gasteiger partial charge in [-0.2, -0.15) is 0 Å². The van der Waals surface area contributed by atoms with Gasteiger partial charge in [-0.05, 0) is 38.6 Å². The van der Waals surface area contributed by atoms with Crippen LogP contribution < -0.4 is 10.7 Å². The summed E-state index contributed by atoms with van der Waals surface area (Å²) in [4.78, 5) is 28.7. The highest BCUT2D eigenvalue weighted by Crippen LogP contribution is 2.13. The molecule has 0 unspecified atom stereocenters. The Labute approximate surface area is 160 Å². The maximum absolute atomic E-state index is 12.4. The van der Waals surface area contributed by atoms with E-state index in [1.807, 2.05) is 30.5 Å². The molecule has 6 heteroatoms. The molecule has 1 saturated heterocycles. The second kappa shape index (κ2) is 8.50. The summed E-state index contributed by atoms with van der Waals surface area (Å²) in [6.07, 6.45) is 0. The van der Waals surface area contributed by atoms with Gasteiger partial charge in [0.05, 0.1) is 0 Å². The largest absolute Gasteiger partial charge is 0.340 e. The SMILES string of the molecule is Cc1cc(=O)cc(C)n1CC(=O)Nc1ccc(CN2CCN(C)CC2)cc1. The molecule has 144 valence electrons. The Bertz CT molecular complexity index is 823. The number of piperazine rings is 1. The molecule has 1 N–H and O–H groups in total. The molecule has 2 aromatic rings. The summed E-state index contributed by atoms with van der Waals surface area (Å²) >= 11 is 0. The first-order chi connectivity index (χ1) is 12.9. The highest BCUT2D eigenvalue weighted by Gasteiger charge is 2.14. The Balaban J connectivity index is 1.56. The van der Waals surface area contributed by atoms with E-state index in [4.69, 9.17) is 0 Å². The lowest BCUT2D eigenvalue weighted by atomic mass is 10.2. The monoisotopic (exact) mass is 368 g/mol. The molecular weight excluding hydrogens is 340 g/mol. The highest BCUT2D eigenvalue weighted by atomic mass is 16.2.